The molecular weight excluding hydrogens is 384 g/mol. The fourth-order valence-electron chi connectivity index (χ4n) is 1.81. The van der Waals surface area contributed by atoms with E-state index >= 15 is 0 Å². The molecule has 0 saturated heterocycles. The second kappa shape index (κ2) is 12.6. The van der Waals surface area contributed by atoms with Crippen LogP contribution >= 0.6 is 0 Å². The maximum Gasteiger partial charge on any atom is 0.328 e. The second-order valence-electron chi connectivity index (χ2n) is 5.61. The molecule has 0 aliphatic heterocycles. The van der Waals surface area contributed by atoms with Gasteiger partial charge in [-0.15, -0.1) is 0 Å². The summed E-state index contributed by atoms with van der Waals surface area (Å²) in [5.41, 5.74) is 5.47. The maximum atomic E-state index is 12.1. The van der Waals surface area contributed by atoms with Crippen molar-refractivity contribution in [3.63, 3.8) is 0 Å². The average molecular weight is 408 g/mol. The molecule has 0 aliphatic carbocycles. The lowest BCUT2D eigenvalue weighted by Crippen LogP contribution is -2.59. The minimum absolute atomic E-state index is 0.222. The van der Waals surface area contributed by atoms with Gasteiger partial charge in [0.1, 0.15) is 18.1 Å². The van der Waals surface area contributed by atoms with E-state index in [-0.39, 0.29) is 6.42 Å². The molecule has 14 nitrogen and oxygen atoms in total. The number of aliphatic hydroxyl groups is 3. The summed E-state index contributed by atoms with van der Waals surface area (Å²) < 4.78 is 0. The van der Waals surface area contributed by atoms with Crippen LogP contribution in [0, 0.1) is 0 Å². The summed E-state index contributed by atoms with van der Waals surface area (Å²) in [4.78, 5) is 57.1. The molecule has 0 rings (SSSR count). The molecule has 10 N–H and O–H groups in total. The molecule has 0 bridgehead atoms. The van der Waals surface area contributed by atoms with E-state index in [1.807, 2.05) is 10.6 Å². The average Bonchev–Trinajstić information content (AvgIpc) is 2.65. The summed E-state index contributed by atoms with van der Waals surface area (Å²) in [6, 6.07) is -6.14. The number of rotatable bonds is 13. The fraction of sp³-hybridized carbons (Fsp3) is 0.643. The molecule has 0 aromatic heterocycles. The maximum absolute atomic E-state index is 12.1. The van der Waals surface area contributed by atoms with Crippen molar-refractivity contribution in [3.8, 4) is 0 Å². The van der Waals surface area contributed by atoms with Crippen LogP contribution in [0.15, 0.2) is 0 Å². The van der Waals surface area contributed by atoms with Gasteiger partial charge < -0.3 is 47.2 Å². The van der Waals surface area contributed by atoms with E-state index in [4.69, 9.17) is 21.1 Å². The number of carbonyl (C=O) groups excluding carboxylic acids is 3. The van der Waals surface area contributed by atoms with Crippen molar-refractivity contribution in [2.75, 3.05) is 19.8 Å². The first-order valence-electron chi connectivity index (χ1n) is 8.01. The van der Waals surface area contributed by atoms with Gasteiger partial charge in [-0.1, -0.05) is 0 Å². The quantitative estimate of drug-likeness (QED) is 0.139. The van der Waals surface area contributed by atoms with Crippen molar-refractivity contribution in [2.24, 2.45) is 5.73 Å². The van der Waals surface area contributed by atoms with Gasteiger partial charge in [0.2, 0.25) is 17.7 Å². The van der Waals surface area contributed by atoms with E-state index in [1.165, 1.54) is 0 Å². The number of aliphatic hydroxyl groups excluding tert-OH is 3. The Bertz CT molecular complexity index is 584. The molecule has 0 radical (unpaired) electrons. The number of carboxylic acids is 2. The monoisotopic (exact) mass is 408 g/mol. The zero-order valence-corrected chi connectivity index (χ0v) is 14.7. The van der Waals surface area contributed by atoms with Crippen LogP contribution in [-0.2, 0) is 24.0 Å². The van der Waals surface area contributed by atoms with Gasteiger partial charge in [-0.25, -0.2) is 4.79 Å². The molecule has 0 aromatic rings. The van der Waals surface area contributed by atoms with Crippen molar-refractivity contribution in [2.45, 2.75) is 37.0 Å². The summed E-state index contributed by atoms with van der Waals surface area (Å²) in [6.07, 6.45) is -0.618. The summed E-state index contributed by atoms with van der Waals surface area (Å²) in [7, 11) is 0. The van der Waals surface area contributed by atoms with E-state index in [1.54, 1.807) is 0 Å². The standard InChI is InChI=1S/C14H24N4O10/c15-6(1-2-10(22)23)11(24)16-7(3-19)12(25)17-8(4-20)13(26)18-9(5-21)14(27)28/h6-9,19-21H,1-5,15H2,(H,16,24)(H,17,25)(H,18,26)(H,22,23)(H,27,28). The molecular formula is C14H24N4O10. The number of aliphatic carboxylic acids is 2. The normalized spacial score (nSPS) is 14.9. The molecule has 0 aromatic carbocycles. The fourth-order valence-corrected chi connectivity index (χ4v) is 1.81. The van der Waals surface area contributed by atoms with Crippen LogP contribution in [0.4, 0.5) is 0 Å². The Morgan fingerprint density at radius 2 is 1.11 bits per heavy atom. The number of hydrogen-bond acceptors (Lipinski definition) is 9. The third-order valence-corrected chi connectivity index (χ3v) is 3.43. The largest absolute Gasteiger partial charge is 0.481 e. The smallest absolute Gasteiger partial charge is 0.328 e. The lowest BCUT2D eigenvalue weighted by atomic mass is 10.1. The first-order valence-corrected chi connectivity index (χ1v) is 8.01. The molecule has 14 heteroatoms. The second-order valence-corrected chi connectivity index (χ2v) is 5.61. The Morgan fingerprint density at radius 1 is 0.714 bits per heavy atom. The summed E-state index contributed by atoms with van der Waals surface area (Å²) in [5.74, 6) is -5.87. The van der Waals surface area contributed by atoms with Crippen LogP contribution in [-0.4, -0.2) is 99.2 Å². The van der Waals surface area contributed by atoms with Crippen molar-refractivity contribution in [3.05, 3.63) is 0 Å². The summed E-state index contributed by atoms with van der Waals surface area (Å²) in [5, 5.41) is 50.6. The van der Waals surface area contributed by atoms with Crippen molar-refractivity contribution in [1.29, 1.82) is 0 Å². The number of hydrogen-bond donors (Lipinski definition) is 9. The van der Waals surface area contributed by atoms with Gasteiger partial charge in [0, 0.05) is 6.42 Å². The Balaban J connectivity index is 4.86. The van der Waals surface area contributed by atoms with E-state index in [9.17, 15) is 34.2 Å². The molecule has 28 heavy (non-hydrogen) atoms. The van der Waals surface area contributed by atoms with Gasteiger partial charge in [0.05, 0.1) is 25.9 Å². The predicted octanol–water partition coefficient (Wildman–Crippen LogP) is -5.31. The van der Waals surface area contributed by atoms with E-state index in [0.717, 1.165) is 0 Å². The Hall–Kier alpha value is -2.81. The number of amides is 3. The van der Waals surface area contributed by atoms with Crippen molar-refractivity contribution >= 4 is 29.7 Å². The van der Waals surface area contributed by atoms with Gasteiger partial charge in [0.25, 0.3) is 0 Å². The minimum Gasteiger partial charge on any atom is -0.481 e. The van der Waals surface area contributed by atoms with Gasteiger partial charge in [-0.2, -0.15) is 0 Å². The van der Waals surface area contributed by atoms with Crippen LogP contribution in [0.1, 0.15) is 12.8 Å². The number of carbonyl (C=O) groups is 5. The highest BCUT2D eigenvalue weighted by molar-refractivity contribution is 5.94. The van der Waals surface area contributed by atoms with E-state index < -0.39 is 80.1 Å². The molecule has 0 heterocycles. The molecule has 0 spiro atoms. The molecule has 3 amide bonds. The minimum atomic E-state index is -1.67. The zero-order valence-electron chi connectivity index (χ0n) is 14.7. The van der Waals surface area contributed by atoms with E-state index in [2.05, 4.69) is 5.32 Å². The lowest BCUT2D eigenvalue weighted by Gasteiger charge is -2.22. The highest BCUT2D eigenvalue weighted by atomic mass is 16.4. The Kier molecular flexibility index (Phi) is 11.3. The van der Waals surface area contributed by atoms with Gasteiger partial charge in [0.15, 0.2) is 0 Å². The Morgan fingerprint density at radius 3 is 1.46 bits per heavy atom. The van der Waals surface area contributed by atoms with Crippen molar-refractivity contribution < 1.29 is 49.5 Å². The molecule has 4 unspecified atom stereocenters. The number of nitrogens with one attached hydrogen (secondary N) is 3. The SMILES string of the molecule is NC(CCC(=O)O)C(=O)NC(CO)C(=O)NC(CO)C(=O)NC(CO)C(=O)O. The van der Waals surface area contributed by atoms with Crippen LogP contribution in [0.2, 0.25) is 0 Å². The van der Waals surface area contributed by atoms with Gasteiger partial charge in [-0.05, 0) is 6.42 Å². The van der Waals surface area contributed by atoms with Crippen LogP contribution in [0.3, 0.4) is 0 Å². The first-order chi connectivity index (χ1) is 13.1. The Labute approximate surface area is 158 Å². The van der Waals surface area contributed by atoms with Gasteiger partial charge in [-0.3, -0.25) is 19.2 Å². The molecule has 0 fully saturated rings. The number of carboxylic acid groups (broad SMARTS) is 2. The summed E-state index contributed by atoms with van der Waals surface area (Å²) in [6.45, 7) is -2.78. The predicted molar refractivity (Wildman–Crippen MR) is 89.5 cm³/mol. The van der Waals surface area contributed by atoms with Crippen LogP contribution < -0.4 is 21.7 Å². The third-order valence-electron chi connectivity index (χ3n) is 3.43. The molecule has 0 aliphatic rings. The lowest BCUT2D eigenvalue weighted by molar-refractivity contribution is -0.143. The van der Waals surface area contributed by atoms with Crippen molar-refractivity contribution in [1.82, 2.24) is 16.0 Å². The number of nitrogens with two attached hydrogens (primary N) is 1. The zero-order chi connectivity index (χ0) is 21.9. The topological polar surface area (TPSA) is 249 Å². The van der Waals surface area contributed by atoms with E-state index in [0.29, 0.717) is 0 Å². The highest BCUT2D eigenvalue weighted by Crippen LogP contribution is 1.97. The molecule has 0 saturated carbocycles. The van der Waals surface area contributed by atoms with Crippen LogP contribution in [0.5, 0.6) is 0 Å². The van der Waals surface area contributed by atoms with Crippen LogP contribution in [0.25, 0.3) is 0 Å². The first kappa shape index (κ1) is 25.2. The third kappa shape index (κ3) is 8.72. The molecule has 160 valence electrons. The summed E-state index contributed by atoms with van der Waals surface area (Å²) >= 11 is 0. The molecule has 4 atom stereocenters. The highest BCUT2D eigenvalue weighted by Gasteiger charge is 2.29. The van der Waals surface area contributed by atoms with Gasteiger partial charge >= 0.3 is 11.9 Å².